The summed E-state index contributed by atoms with van der Waals surface area (Å²) >= 11 is 6.62. The van der Waals surface area contributed by atoms with Crippen LogP contribution >= 0.6 is 11.6 Å². The molecule has 0 amide bonds. The predicted octanol–water partition coefficient (Wildman–Crippen LogP) is 5.82. The summed E-state index contributed by atoms with van der Waals surface area (Å²) in [7, 11) is 0. The molecule has 0 N–H and O–H groups in total. The smallest absolute Gasteiger partial charge is 0.212 e. The highest BCUT2D eigenvalue weighted by molar-refractivity contribution is 6.36. The van der Waals surface area contributed by atoms with Crippen LogP contribution in [0.2, 0.25) is 5.02 Å². The molecule has 0 saturated heterocycles. The Balaban J connectivity index is 1.80. The largest absolute Gasteiger partial charge is 0.288 e. The molecule has 6 heteroatoms. The summed E-state index contributed by atoms with van der Waals surface area (Å²) in [5.74, 6) is -0.523. The first-order chi connectivity index (χ1) is 16.1. The summed E-state index contributed by atoms with van der Waals surface area (Å²) in [6, 6.07) is 23.8. The van der Waals surface area contributed by atoms with Crippen LogP contribution in [0.15, 0.2) is 78.9 Å². The second kappa shape index (κ2) is 7.22. The maximum atomic E-state index is 13.7. The molecule has 0 bridgehead atoms. The van der Waals surface area contributed by atoms with Crippen molar-refractivity contribution in [3.63, 3.8) is 0 Å². The van der Waals surface area contributed by atoms with Gasteiger partial charge in [0.25, 0.3) is 0 Å². The Labute approximate surface area is 194 Å². The van der Waals surface area contributed by atoms with Crippen LogP contribution in [0, 0.1) is 6.92 Å². The molecule has 0 aliphatic heterocycles. The van der Waals surface area contributed by atoms with E-state index in [4.69, 9.17) is 21.7 Å². The van der Waals surface area contributed by atoms with Crippen molar-refractivity contribution in [3.8, 4) is 16.8 Å². The Morgan fingerprint density at radius 3 is 2.03 bits per heavy atom. The highest BCUT2D eigenvalue weighted by Gasteiger charge is 2.36. The number of nitrogens with zero attached hydrogens (tertiary/aromatic N) is 3. The SMILES string of the molecule is Cc1nn(-c2ccccc2)c2nc3c(c(-c4ccccc4Cl)c12)C(=O)c1ccccc1C3=O. The summed E-state index contributed by atoms with van der Waals surface area (Å²) in [4.78, 5) is 32.0. The van der Waals surface area contributed by atoms with Crippen molar-refractivity contribution in [1.82, 2.24) is 14.8 Å². The Morgan fingerprint density at radius 1 is 0.727 bits per heavy atom. The molecule has 158 valence electrons. The number of fused-ring (bicyclic) bond motifs is 3. The molecule has 0 unspecified atom stereocenters. The fourth-order valence-electron chi connectivity index (χ4n) is 4.53. The number of hydrogen-bond donors (Lipinski definition) is 0. The zero-order valence-corrected chi connectivity index (χ0v) is 18.3. The number of para-hydroxylation sites is 1. The lowest BCUT2D eigenvalue weighted by Crippen LogP contribution is -2.23. The molecule has 0 saturated carbocycles. The van der Waals surface area contributed by atoms with Crippen LogP contribution in [-0.2, 0) is 0 Å². The van der Waals surface area contributed by atoms with Gasteiger partial charge in [-0.05, 0) is 25.1 Å². The molecule has 5 nitrogen and oxygen atoms in total. The van der Waals surface area contributed by atoms with Gasteiger partial charge < -0.3 is 0 Å². The first kappa shape index (κ1) is 19.6. The van der Waals surface area contributed by atoms with Crippen LogP contribution in [0.4, 0.5) is 0 Å². The molecular weight excluding hydrogens is 434 g/mol. The molecule has 33 heavy (non-hydrogen) atoms. The molecule has 0 radical (unpaired) electrons. The summed E-state index contributed by atoms with van der Waals surface area (Å²) in [6.07, 6.45) is 0. The number of benzene rings is 3. The van der Waals surface area contributed by atoms with Crippen LogP contribution in [0.1, 0.15) is 37.7 Å². The Hall–Kier alpha value is -4.09. The predicted molar refractivity (Wildman–Crippen MR) is 127 cm³/mol. The van der Waals surface area contributed by atoms with Crippen molar-refractivity contribution < 1.29 is 9.59 Å². The number of ketones is 2. The summed E-state index contributed by atoms with van der Waals surface area (Å²) < 4.78 is 1.71. The lowest BCUT2D eigenvalue weighted by Gasteiger charge is -2.21. The van der Waals surface area contributed by atoms with Crippen LogP contribution in [0.25, 0.3) is 27.8 Å². The van der Waals surface area contributed by atoms with Gasteiger partial charge in [0.15, 0.2) is 11.4 Å². The van der Waals surface area contributed by atoms with E-state index in [9.17, 15) is 9.59 Å². The monoisotopic (exact) mass is 449 g/mol. The highest BCUT2D eigenvalue weighted by atomic mass is 35.5. The number of carbonyl (C=O) groups excluding carboxylic acids is 2. The maximum Gasteiger partial charge on any atom is 0.212 e. The van der Waals surface area contributed by atoms with Crippen LogP contribution in [-0.4, -0.2) is 26.3 Å². The van der Waals surface area contributed by atoms with Crippen LogP contribution in [0.3, 0.4) is 0 Å². The molecule has 1 aliphatic carbocycles. The molecule has 2 heterocycles. The molecule has 2 aromatic heterocycles. The van der Waals surface area contributed by atoms with E-state index in [2.05, 4.69) is 0 Å². The molecule has 0 fully saturated rings. The quantitative estimate of drug-likeness (QED) is 0.334. The topological polar surface area (TPSA) is 64.8 Å². The maximum absolute atomic E-state index is 13.7. The van der Waals surface area contributed by atoms with Gasteiger partial charge in [0, 0.05) is 27.3 Å². The molecule has 0 atom stereocenters. The van der Waals surface area contributed by atoms with Gasteiger partial charge in [0.2, 0.25) is 5.78 Å². The zero-order chi connectivity index (χ0) is 22.7. The molecule has 0 spiro atoms. The van der Waals surface area contributed by atoms with E-state index in [1.807, 2.05) is 55.5 Å². The normalized spacial score (nSPS) is 12.7. The van der Waals surface area contributed by atoms with Gasteiger partial charge in [-0.3, -0.25) is 9.59 Å². The zero-order valence-electron chi connectivity index (χ0n) is 17.5. The number of halogens is 1. The third-order valence-electron chi connectivity index (χ3n) is 5.99. The minimum atomic E-state index is -0.283. The second-order valence-corrected chi connectivity index (χ2v) is 8.33. The lowest BCUT2D eigenvalue weighted by molar-refractivity contribution is 0.0976. The molecule has 3 aromatic carbocycles. The van der Waals surface area contributed by atoms with Crippen molar-refractivity contribution >= 4 is 34.2 Å². The average molecular weight is 450 g/mol. The van der Waals surface area contributed by atoms with E-state index < -0.39 is 0 Å². The molecule has 5 aromatic rings. The Morgan fingerprint density at radius 2 is 1.33 bits per heavy atom. The Bertz CT molecular complexity index is 1620. The molecule has 6 rings (SSSR count). The first-order valence-corrected chi connectivity index (χ1v) is 10.9. The van der Waals surface area contributed by atoms with Gasteiger partial charge in [-0.15, -0.1) is 0 Å². The van der Waals surface area contributed by atoms with Crippen LogP contribution in [0.5, 0.6) is 0 Å². The Kier molecular flexibility index (Phi) is 4.28. The average Bonchev–Trinajstić information content (AvgIpc) is 3.18. The lowest BCUT2D eigenvalue weighted by atomic mass is 9.82. The van der Waals surface area contributed by atoms with Gasteiger partial charge in [-0.25, -0.2) is 9.67 Å². The number of hydrogen-bond acceptors (Lipinski definition) is 4. The fraction of sp³-hybridized carbons (Fsp3) is 0.0370. The van der Waals surface area contributed by atoms with E-state index in [1.165, 1.54) is 0 Å². The van der Waals surface area contributed by atoms with Gasteiger partial charge >= 0.3 is 0 Å². The third kappa shape index (κ3) is 2.79. The minimum absolute atomic E-state index is 0.123. The molecule has 1 aliphatic rings. The summed E-state index contributed by atoms with van der Waals surface area (Å²) in [6.45, 7) is 1.87. The van der Waals surface area contributed by atoms with Gasteiger partial charge in [-0.1, -0.05) is 72.3 Å². The van der Waals surface area contributed by atoms with Gasteiger partial charge in [0.1, 0.15) is 5.69 Å². The van der Waals surface area contributed by atoms with Gasteiger partial charge in [-0.2, -0.15) is 5.10 Å². The fourth-order valence-corrected chi connectivity index (χ4v) is 4.76. The standard InChI is InChI=1S/C27H16ClN3O2/c1-15-21-22(19-13-7-8-14-20(19)28)23-24(26(33)18-12-6-5-11-17(18)25(23)32)29-27(21)31(30-15)16-9-3-2-4-10-16/h2-14H,1H3. The van der Waals surface area contributed by atoms with Crippen molar-refractivity contribution in [1.29, 1.82) is 0 Å². The van der Waals surface area contributed by atoms with E-state index in [-0.39, 0.29) is 22.8 Å². The van der Waals surface area contributed by atoms with Gasteiger partial charge in [0.05, 0.1) is 22.3 Å². The number of aromatic nitrogens is 3. The highest BCUT2D eigenvalue weighted by Crippen LogP contribution is 2.42. The van der Waals surface area contributed by atoms with Crippen molar-refractivity contribution in [2.75, 3.05) is 0 Å². The first-order valence-electron chi connectivity index (χ1n) is 10.5. The third-order valence-corrected chi connectivity index (χ3v) is 6.32. The van der Waals surface area contributed by atoms with Crippen molar-refractivity contribution in [2.24, 2.45) is 0 Å². The van der Waals surface area contributed by atoms with E-state index in [1.54, 1.807) is 35.0 Å². The van der Waals surface area contributed by atoms with E-state index in [0.717, 1.165) is 5.69 Å². The molecular formula is C27H16ClN3O2. The van der Waals surface area contributed by atoms with E-state index in [0.29, 0.717) is 44.0 Å². The van der Waals surface area contributed by atoms with Crippen molar-refractivity contribution in [2.45, 2.75) is 6.92 Å². The summed E-state index contributed by atoms with van der Waals surface area (Å²) in [5.41, 5.74) is 4.39. The number of rotatable bonds is 2. The number of pyridine rings is 1. The van der Waals surface area contributed by atoms with Crippen molar-refractivity contribution in [3.05, 3.63) is 112 Å². The summed E-state index contributed by atoms with van der Waals surface area (Å²) in [5, 5.41) is 5.92. The number of carbonyl (C=O) groups is 2. The minimum Gasteiger partial charge on any atom is -0.288 e. The van der Waals surface area contributed by atoms with E-state index >= 15 is 0 Å². The number of aryl methyl sites for hydroxylation is 1. The van der Waals surface area contributed by atoms with Crippen LogP contribution < -0.4 is 0 Å². The second-order valence-electron chi connectivity index (χ2n) is 7.93.